The van der Waals surface area contributed by atoms with E-state index in [0.29, 0.717) is 6.61 Å². The summed E-state index contributed by atoms with van der Waals surface area (Å²) in [5, 5.41) is 3.24. The van der Waals surface area contributed by atoms with E-state index in [1.807, 2.05) is 54.6 Å². The van der Waals surface area contributed by atoms with Crippen LogP contribution < -0.4 is 10.1 Å². The molecular weight excluding hydrogens is 286 g/mol. The van der Waals surface area contributed by atoms with Gasteiger partial charge in [-0.1, -0.05) is 61.9 Å². The minimum Gasteiger partial charge on any atom is -0.493 e. The SMILES string of the molecule is CCC[C@H](C(=O)N[C@H]1CCOc2ccccc21)c1ccccc1. The number of amides is 1. The minimum absolute atomic E-state index is 0.0375. The molecule has 0 saturated heterocycles. The first-order valence-corrected chi connectivity index (χ1v) is 8.36. The number of ether oxygens (including phenoxy) is 1. The first kappa shape index (κ1) is 15.6. The molecule has 0 unspecified atom stereocenters. The number of carbonyl (C=O) groups is 1. The van der Waals surface area contributed by atoms with Gasteiger partial charge in [0.1, 0.15) is 5.75 Å². The van der Waals surface area contributed by atoms with E-state index < -0.39 is 0 Å². The number of para-hydroxylation sites is 1. The summed E-state index contributed by atoms with van der Waals surface area (Å²) in [5.41, 5.74) is 2.17. The van der Waals surface area contributed by atoms with Gasteiger partial charge in [-0.25, -0.2) is 0 Å². The normalized spacial score (nSPS) is 17.7. The van der Waals surface area contributed by atoms with Crippen molar-refractivity contribution in [2.45, 2.75) is 38.1 Å². The lowest BCUT2D eigenvalue weighted by Gasteiger charge is -2.28. The highest BCUT2D eigenvalue weighted by Gasteiger charge is 2.26. The zero-order valence-electron chi connectivity index (χ0n) is 13.5. The molecule has 0 aromatic heterocycles. The van der Waals surface area contributed by atoms with Crippen LogP contribution in [-0.2, 0) is 4.79 Å². The fourth-order valence-electron chi connectivity index (χ4n) is 3.19. The molecule has 3 rings (SSSR count). The van der Waals surface area contributed by atoms with Crippen molar-refractivity contribution < 1.29 is 9.53 Å². The Morgan fingerprint density at radius 1 is 1.17 bits per heavy atom. The van der Waals surface area contributed by atoms with Crippen LogP contribution in [0.3, 0.4) is 0 Å². The lowest BCUT2D eigenvalue weighted by molar-refractivity contribution is -0.123. The van der Waals surface area contributed by atoms with Gasteiger partial charge >= 0.3 is 0 Å². The third-order valence-corrected chi connectivity index (χ3v) is 4.37. The van der Waals surface area contributed by atoms with Gasteiger partial charge in [0.25, 0.3) is 0 Å². The maximum absolute atomic E-state index is 12.9. The summed E-state index contributed by atoms with van der Waals surface area (Å²) in [6.07, 6.45) is 2.66. The Bertz CT molecular complexity index is 654. The largest absolute Gasteiger partial charge is 0.493 e. The summed E-state index contributed by atoms with van der Waals surface area (Å²) < 4.78 is 5.68. The number of carbonyl (C=O) groups excluding carboxylic acids is 1. The van der Waals surface area contributed by atoms with Crippen molar-refractivity contribution in [1.82, 2.24) is 5.32 Å². The Morgan fingerprint density at radius 3 is 2.70 bits per heavy atom. The van der Waals surface area contributed by atoms with Gasteiger partial charge in [-0.05, 0) is 18.1 Å². The van der Waals surface area contributed by atoms with Gasteiger partial charge in [-0.15, -0.1) is 0 Å². The molecule has 1 aliphatic heterocycles. The maximum Gasteiger partial charge on any atom is 0.228 e. The fourth-order valence-corrected chi connectivity index (χ4v) is 3.19. The first-order chi connectivity index (χ1) is 11.3. The average molecular weight is 309 g/mol. The highest BCUT2D eigenvalue weighted by Crippen LogP contribution is 2.32. The molecule has 120 valence electrons. The second-order valence-corrected chi connectivity index (χ2v) is 5.99. The van der Waals surface area contributed by atoms with Crippen LogP contribution in [-0.4, -0.2) is 12.5 Å². The molecule has 0 bridgehead atoms. The Hall–Kier alpha value is -2.29. The number of hydrogen-bond acceptors (Lipinski definition) is 2. The van der Waals surface area contributed by atoms with Crippen LogP contribution in [0, 0.1) is 0 Å². The standard InChI is InChI=1S/C20H23NO2/c1-2-8-16(15-9-4-3-5-10-15)20(22)21-18-13-14-23-19-12-7-6-11-17(18)19/h3-7,9-12,16,18H,2,8,13-14H2,1H3,(H,21,22)/t16-,18-/m0/s1. The summed E-state index contributed by atoms with van der Waals surface area (Å²) in [6.45, 7) is 2.76. The fraction of sp³-hybridized carbons (Fsp3) is 0.350. The average Bonchev–Trinajstić information content (AvgIpc) is 2.60. The molecular formula is C20H23NO2. The van der Waals surface area contributed by atoms with Crippen LogP contribution in [0.4, 0.5) is 0 Å². The molecule has 2 atom stereocenters. The molecule has 0 aliphatic carbocycles. The van der Waals surface area contributed by atoms with Gasteiger partial charge in [0.05, 0.1) is 18.6 Å². The molecule has 0 fully saturated rings. The maximum atomic E-state index is 12.9. The number of nitrogens with one attached hydrogen (secondary N) is 1. The quantitative estimate of drug-likeness (QED) is 0.898. The van der Waals surface area contributed by atoms with Crippen molar-refractivity contribution in [1.29, 1.82) is 0 Å². The predicted molar refractivity (Wildman–Crippen MR) is 91.5 cm³/mol. The Morgan fingerprint density at radius 2 is 1.91 bits per heavy atom. The molecule has 3 heteroatoms. The topological polar surface area (TPSA) is 38.3 Å². The predicted octanol–water partition coefficient (Wildman–Crippen LogP) is 4.21. The number of hydrogen-bond donors (Lipinski definition) is 1. The summed E-state index contributed by atoms with van der Waals surface area (Å²) in [5.74, 6) is 0.909. The van der Waals surface area contributed by atoms with Gasteiger partial charge in [-0.3, -0.25) is 4.79 Å². The number of benzene rings is 2. The zero-order chi connectivity index (χ0) is 16.1. The molecule has 0 spiro atoms. The Kier molecular flexibility index (Phi) is 4.96. The van der Waals surface area contributed by atoms with Gasteiger partial charge < -0.3 is 10.1 Å². The Labute approximate surface area is 137 Å². The van der Waals surface area contributed by atoms with Crippen molar-refractivity contribution in [3.63, 3.8) is 0 Å². The van der Waals surface area contributed by atoms with E-state index >= 15 is 0 Å². The molecule has 23 heavy (non-hydrogen) atoms. The molecule has 2 aromatic carbocycles. The highest BCUT2D eigenvalue weighted by molar-refractivity contribution is 5.84. The van der Waals surface area contributed by atoms with Crippen molar-refractivity contribution in [3.8, 4) is 5.75 Å². The van der Waals surface area contributed by atoms with E-state index in [1.54, 1.807) is 0 Å². The highest BCUT2D eigenvalue weighted by atomic mass is 16.5. The molecule has 2 aromatic rings. The molecule has 3 nitrogen and oxygen atoms in total. The van der Waals surface area contributed by atoms with Crippen molar-refractivity contribution in [2.24, 2.45) is 0 Å². The van der Waals surface area contributed by atoms with E-state index in [2.05, 4.69) is 12.2 Å². The second kappa shape index (κ2) is 7.32. The van der Waals surface area contributed by atoms with Crippen LogP contribution in [0.25, 0.3) is 0 Å². The van der Waals surface area contributed by atoms with Gasteiger partial charge in [0.2, 0.25) is 5.91 Å². The van der Waals surface area contributed by atoms with Crippen LogP contribution in [0.5, 0.6) is 5.75 Å². The Balaban J connectivity index is 1.78. The molecule has 1 aliphatic rings. The summed E-state index contributed by atoms with van der Waals surface area (Å²) >= 11 is 0. The van der Waals surface area contributed by atoms with Crippen LogP contribution in [0.2, 0.25) is 0 Å². The van der Waals surface area contributed by atoms with Crippen LogP contribution in [0.15, 0.2) is 54.6 Å². The van der Waals surface area contributed by atoms with Gasteiger partial charge in [0, 0.05) is 12.0 Å². The molecule has 1 N–H and O–H groups in total. The number of fused-ring (bicyclic) bond motifs is 1. The lowest BCUT2D eigenvalue weighted by Crippen LogP contribution is -2.35. The van der Waals surface area contributed by atoms with Gasteiger partial charge in [0.15, 0.2) is 0 Å². The smallest absolute Gasteiger partial charge is 0.228 e. The van der Waals surface area contributed by atoms with Crippen molar-refractivity contribution in [3.05, 3.63) is 65.7 Å². The molecule has 1 amide bonds. The van der Waals surface area contributed by atoms with Crippen LogP contribution >= 0.6 is 0 Å². The summed E-state index contributed by atoms with van der Waals surface area (Å²) in [6, 6.07) is 18.1. The zero-order valence-corrected chi connectivity index (χ0v) is 13.5. The second-order valence-electron chi connectivity index (χ2n) is 5.99. The molecule has 0 radical (unpaired) electrons. The van der Waals surface area contributed by atoms with Gasteiger partial charge in [-0.2, -0.15) is 0 Å². The summed E-state index contributed by atoms with van der Waals surface area (Å²) in [4.78, 5) is 12.9. The van der Waals surface area contributed by atoms with E-state index in [1.165, 1.54) is 0 Å². The third kappa shape index (κ3) is 3.55. The summed E-state index contributed by atoms with van der Waals surface area (Å²) in [7, 11) is 0. The third-order valence-electron chi connectivity index (χ3n) is 4.37. The lowest BCUT2D eigenvalue weighted by atomic mass is 9.92. The minimum atomic E-state index is -0.0868. The molecule has 1 heterocycles. The van der Waals surface area contributed by atoms with Crippen molar-refractivity contribution in [2.75, 3.05) is 6.61 Å². The van der Waals surface area contributed by atoms with E-state index in [9.17, 15) is 4.79 Å². The van der Waals surface area contributed by atoms with E-state index in [0.717, 1.165) is 36.1 Å². The number of rotatable bonds is 5. The first-order valence-electron chi connectivity index (χ1n) is 8.36. The van der Waals surface area contributed by atoms with Crippen LogP contribution in [0.1, 0.15) is 49.3 Å². The van der Waals surface area contributed by atoms with E-state index in [4.69, 9.17) is 4.74 Å². The monoisotopic (exact) mass is 309 g/mol. The molecule has 0 saturated carbocycles. The van der Waals surface area contributed by atoms with E-state index in [-0.39, 0.29) is 17.9 Å². The van der Waals surface area contributed by atoms with Crippen molar-refractivity contribution >= 4 is 5.91 Å².